The van der Waals surface area contributed by atoms with Crippen LogP contribution in [0.4, 0.5) is 5.69 Å². The highest BCUT2D eigenvalue weighted by atomic mass is 15.5. The minimum Gasteiger partial charge on any atom is -0.383 e. The quantitative estimate of drug-likeness (QED) is 0.873. The van der Waals surface area contributed by atoms with Crippen molar-refractivity contribution in [3.8, 4) is 5.69 Å². The molecule has 2 aromatic rings. The Kier molecular flexibility index (Phi) is 3.47. The van der Waals surface area contributed by atoms with E-state index in [9.17, 15) is 0 Å². The van der Waals surface area contributed by atoms with Gasteiger partial charge in [0.1, 0.15) is 5.69 Å². The average molecular weight is 270 g/mol. The molecule has 20 heavy (non-hydrogen) atoms. The molecule has 0 atom stereocenters. The van der Waals surface area contributed by atoms with Crippen LogP contribution in [0.5, 0.6) is 0 Å². The molecule has 1 aromatic heterocycles. The normalized spacial score (nSPS) is 15.3. The summed E-state index contributed by atoms with van der Waals surface area (Å²) in [6.45, 7) is 5.75. The maximum atomic E-state index is 4.21. The minimum atomic E-state index is 0.450. The third-order valence-corrected chi connectivity index (χ3v) is 4.31. The van der Waals surface area contributed by atoms with Gasteiger partial charge in [0, 0.05) is 6.54 Å². The molecule has 0 spiro atoms. The van der Waals surface area contributed by atoms with Gasteiger partial charge in [-0.05, 0) is 42.7 Å². The molecule has 106 valence electrons. The summed E-state index contributed by atoms with van der Waals surface area (Å²) in [6, 6.07) is 8.18. The molecule has 0 amide bonds. The summed E-state index contributed by atoms with van der Waals surface area (Å²) in [7, 11) is 0. The van der Waals surface area contributed by atoms with Gasteiger partial charge in [-0.3, -0.25) is 0 Å². The molecule has 0 radical (unpaired) electrons. The number of rotatable bonds is 6. The van der Waals surface area contributed by atoms with E-state index in [0.29, 0.717) is 5.41 Å². The fourth-order valence-electron chi connectivity index (χ4n) is 2.73. The second-order valence-corrected chi connectivity index (χ2v) is 6.28. The number of aromatic nitrogens is 3. The molecule has 4 heteroatoms. The minimum absolute atomic E-state index is 0.450. The van der Waals surface area contributed by atoms with Crippen LogP contribution in [0.3, 0.4) is 0 Å². The number of nitrogens with zero attached hydrogens (tertiary/aromatic N) is 3. The fraction of sp³-hybridized carbons (Fsp3) is 0.500. The van der Waals surface area contributed by atoms with Crippen LogP contribution >= 0.6 is 0 Å². The molecular formula is C16H22N4. The van der Waals surface area contributed by atoms with Crippen molar-refractivity contribution in [2.75, 3.05) is 11.9 Å². The van der Waals surface area contributed by atoms with Gasteiger partial charge in [0.05, 0.1) is 18.1 Å². The first-order valence-corrected chi connectivity index (χ1v) is 7.36. The maximum Gasteiger partial charge on any atom is 0.109 e. The molecule has 3 rings (SSSR count). The smallest absolute Gasteiger partial charge is 0.109 e. The molecule has 1 aromatic carbocycles. The van der Waals surface area contributed by atoms with Gasteiger partial charge in [0.2, 0.25) is 0 Å². The van der Waals surface area contributed by atoms with Crippen LogP contribution < -0.4 is 5.32 Å². The largest absolute Gasteiger partial charge is 0.383 e. The Morgan fingerprint density at radius 2 is 1.90 bits per heavy atom. The van der Waals surface area contributed by atoms with Crippen LogP contribution in [-0.4, -0.2) is 21.5 Å². The zero-order valence-corrected chi connectivity index (χ0v) is 12.2. The van der Waals surface area contributed by atoms with Crippen LogP contribution in [0.25, 0.3) is 5.69 Å². The first-order valence-electron chi connectivity index (χ1n) is 7.36. The number of para-hydroxylation sites is 2. The van der Waals surface area contributed by atoms with E-state index in [-0.39, 0.29) is 0 Å². The second kappa shape index (κ2) is 5.27. The van der Waals surface area contributed by atoms with E-state index in [4.69, 9.17) is 0 Å². The van der Waals surface area contributed by atoms with Crippen LogP contribution in [0.2, 0.25) is 0 Å². The van der Waals surface area contributed by atoms with Crippen LogP contribution in [0, 0.1) is 11.3 Å². The molecule has 1 aliphatic carbocycles. The summed E-state index contributed by atoms with van der Waals surface area (Å²) in [5.41, 5.74) is 2.54. The van der Waals surface area contributed by atoms with Crippen molar-refractivity contribution >= 4 is 5.69 Å². The first-order chi connectivity index (χ1) is 9.67. The van der Waals surface area contributed by atoms with Crippen LogP contribution in [0.1, 0.15) is 33.1 Å². The SMILES string of the molecule is CC(C)(CCNc1ccccc1-n1nccn1)C1CC1. The maximum absolute atomic E-state index is 4.21. The van der Waals surface area contributed by atoms with Crippen LogP contribution in [0.15, 0.2) is 36.7 Å². The van der Waals surface area contributed by atoms with Gasteiger partial charge in [-0.15, -0.1) is 4.80 Å². The van der Waals surface area contributed by atoms with Gasteiger partial charge in [-0.2, -0.15) is 10.2 Å². The monoisotopic (exact) mass is 270 g/mol. The molecule has 0 bridgehead atoms. The Balaban J connectivity index is 1.66. The van der Waals surface area contributed by atoms with E-state index in [1.54, 1.807) is 17.2 Å². The van der Waals surface area contributed by atoms with E-state index in [2.05, 4.69) is 35.4 Å². The highest BCUT2D eigenvalue weighted by molar-refractivity contribution is 5.59. The van der Waals surface area contributed by atoms with Crippen molar-refractivity contribution in [3.05, 3.63) is 36.7 Å². The van der Waals surface area contributed by atoms with E-state index in [1.807, 2.05) is 18.2 Å². The number of benzene rings is 1. The Bertz CT molecular complexity index is 556. The van der Waals surface area contributed by atoms with Crippen molar-refractivity contribution in [2.45, 2.75) is 33.1 Å². The van der Waals surface area contributed by atoms with Crippen LogP contribution in [-0.2, 0) is 0 Å². The van der Waals surface area contributed by atoms with E-state index >= 15 is 0 Å². The molecule has 1 aliphatic rings. The van der Waals surface area contributed by atoms with Crippen molar-refractivity contribution < 1.29 is 0 Å². The summed E-state index contributed by atoms with van der Waals surface area (Å²) in [6.07, 6.45) is 7.40. The zero-order valence-electron chi connectivity index (χ0n) is 12.2. The lowest BCUT2D eigenvalue weighted by Gasteiger charge is -2.24. The zero-order chi connectivity index (χ0) is 14.0. The van der Waals surface area contributed by atoms with Crippen molar-refractivity contribution in [2.24, 2.45) is 11.3 Å². The Morgan fingerprint density at radius 1 is 1.20 bits per heavy atom. The standard InChI is InChI=1S/C16H22N4/c1-16(2,13-7-8-13)9-10-17-14-5-3-4-6-15(14)20-18-11-12-19-20/h3-6,11-13,17H,7-10H2,1-2H3. The lowest BCUT2D eigenvalue weighted by atomic mass is 9.84. The lowest BCUT2D eigenvalue weighted by Crippen LogP contribution is -2.19. The summed E-state index contributed by atoms with van der Waals surface area (Å²) in [5.74, 6) is 0.923. The summed E-state index contributed by atoms with van der Waals surface area (Å²) >= 11 is 0. The molecule has 4 nitrogen and oxygen atoms in total. The molecule has 1 saturated carbocycles. The van der Waals surface area contributed by atoms with Gasteiger partial charge < -0.3 is 5.32 Å². The van der Waals surface area contributed by atoms with Crippen molar-refractivity contribution in [3.63, 3.8) is 0 Å². The molecule has 0 unspecified atom stereocenters. The van der Waals surface area contributed by atoms with Gasteiger partial charge in [0.15, 0.2) is 0 Å². The average Bonchev–Trinajstić information content (AvgIpc) is 3.17. The highest BCUT2D eigenvalue weighted by Crippen LogP contribution is 2.47. The highest BCUT2D eigenvalue weighted by Gasteiger charge is 2.36. The topological polar surface area (TPSA) is 42.7 Å². The fourth-order valence-corrected chi connectivity index (χ4v) is 2.73. The third-order valence-electron chi connectivity index (χ3n) is 4.31. The van der Waals surface area contributed by atoms with Gasteiger partial charge in [0.25, 0.3) is 0 Å². The van der Waals surface area contributed by atoms with E-state index < -0.39 is 0 Å². The summed E-state index contributed by atoms with van der Waals surface area (Å²) < 4.78 is 0. The predicted octanol–water partition coefficient (Wildman–Crippen LogP) is 3.51. The summed E-state index contributed by atoms with van der Waals surface area (Å²) in [4.78, 5) is 1.66. The Hall–Kier alpha value is -1.84. The predicted molar refractivity (Wildman–Crippen MR) is 81.0 cm³/mol. The third kappa shape index (κ3) is 2.84. The van der Waals surface area contributed by atoms with Crippen molar-refractivity contribution in [1.29, 1.82) is 0 Å². The summed E-state index contributed by atoms with van der Waals surface area (Å²) in [5, 5.41) is 12.0. The number of hydrogen-bond donors (Lipinski definition) is 1. The first kappa shape index (κ1) is 13.2. The van der Waals surface area contributed by atoms with E-state index in [0.717, 1.165) is 23.8 Å². The Labute approximate surface area is 120 Å². The second-order valence-electron chi connectivity index (χ2n) is 6.28. The van der Waals surface area contributed by atoms with Gasteiger partial charge >= 0.3 is 0 Å². The van der Waals surface area contributed by atoms with Crippen molar-refractivity contribution in [1.82, 2.24) is 15.0 Å². The lowest BCUT2D eigenvalue weighted by molar-refractivity contribution is 0.292. The molecule has 1 fully saturated rings. The molecule has 1 heterocycles. The van der Waals surface area contributed by atoms with Gasteiger partial charge in [-0.25, -0.2) is 0 Å². The molecular weight excluding hydrogens is 248 g/mol. The number of anilines is 1. The van der Waals surface area contributed by atoms with Gasteiger partial charge in [-0.1, -0.05) is 26.0 Å². The molecule has 1 N–H and O–H groups in total. The number of nitrogens with one attached hydrogen (secondary N) is 1. The molecule has 0 saturated heterocycles. The molecule has 0 aliphatic heterocycles. The van der Waals surface area contributed by atoms with E-state index in [1.165, 1.54) is 19.3 Å². The number of hydrogen-bond acceptors (Lipinski definition) is 3. The Morgan fingerprint density at radius 3 is 2.60 bits per heavy atom.